The predicted molar refractivity (Wildman–Crippen MR) is 115 cm³/mol. The Labute approximate surface area is 190 Å². The standard InChI is InChI=1S/C21H27F3N4O4S/c1-31-19-7-6-15-10-27(33(29,30)21(22,23)24)12-17(13-32-18-4-2-3-5-18)28(20(15)8-19)11-16-9-25-14-26-16/h6-9,14,17-18H,2-5,10-13H2,1H3,(H,25,26)/t17-/m0/s1. The number of halogens is 3. The monoisotopic (exact) mass is 488 g/mol. The lowest BCUT2D eigenvalue weighted by atomic mass is 10.1. The molecule has 33 heavy (non-hydrogen) atoms. The normalized spacial score (nSPS) is 20.6. The van der Waals surface area contributed by atoms with Gasteiger partial charge in [0.25, 0.3) is 0 Å². The molecule has 1 N–H and O–H groups in total. The Morgan fingerprint density at radius 1 is 1.24 bits per heavy atom. The van der Waals surface area contributed by atoms with Gasteiger partial charge in [0.15, 0.2) is 0 Å². The number of anilines is 1. The number of rotatable bonds is 7. The van der Waals surface area contributed by atoms with E-state index in [1.54, 1.807) is 24.4 Å². The number of methoxy groups -OCH3 is 1. The molecule has 1 fully saturated rings. The van der Waals surface area contributed by atoms with Gasteiger partial charge >= 0.3 is 15.5 Å². The van der Waals surface area contributed by atoms with Gasteiger partial charge < -0.3 is 19.4 Å². The van der Waals surface area contributed by atoms with Crippen LogP contribution in [-0.4, -0.2) is 60.6 Å². The molecule has 2 aromatic rings. The smallest absolute Gasteiger partial charge is 0.497 e. The van der Waals surface area contributed by atoms with Crippen molar-refractivity contribution in [2.45, 2.75) is 56.4 Å². The van der Waals surface area contributed by atoms with E-state index >= 15 is 0 Å². The molecule has 0 radical (unpaired) electrons. The topological polar surface area (TPSA) is 87.8 Å². The van der Waals surface area contributed by atoms with Crippen molar-refractivity contribution in [2.75, 3.05) is 25.2 Å². The predicted octanol–water partition coefficient (Wildman–Crippen LogP) is 3.42. The molecule has 1 saturated carbocycles. The molecular weight excluding hydrogens is 461 g/mol. The van der Waals surface area contributed by atoms with E-state index in [1.807, 2.05) is 4.90 Å². The van der Waals surface area contributed by atoms with Crippen LogP contribution in [0.25, 0.3) is 0 Å². The van der Waals surface area contributed by atoms with Gasteiger partial charge in [0.05, 0.1) is 44.4 Å². The molecule has 0 spiro atoms. The van der Waals surface area contributed by atoms with Gasteiger partial charge in [-0.3, -0.25) is 0 Å². The fraction of sp³-hybridized carbons (Fsp3) is 0.571. The minimum Gasteiger partial charge on any atom is -0.497 e. The zero-order valence-electron chi connectivity index (χ0n) is 18.2. The van der Waals surface area contributed by atoms with E-state index in [0.29, 0.717) is 27.9 Å². The lowest BCUT2D eigenvalue weighted by molar-refractivity contribution is -0.0495. The minimum absolute atomic E-state index is 0.0275. The first-order valence-electron chi connectivity index (χ1n) is 10.8. The number of aromatic amines is 1. The number of nitrogens with zero attached hydrogens (tertiary/aromatic N) is 3. The van der Waals surface area contributed by atoms with Crippen LogP contribution in [0.4, 0.5) is 18.9 Å². The van der Waals surface area contributed by atoms with Crippen molar-refractivity contribution in [2.24, 2.45) is 0 Å². The highest BCUT2D eigenvalue weighted by molar-refractivity contribution is 7.89. The van der Waals surface area contributed by atoms with E-state index in [2.05, 4.69) is 9.97 Å². The molecule has 0 amide bonds. The van der Waals surface area contributed by atoms with Crippen LogP contribution in [0.5, 0.6) is 5.75 Å². The molecule has 2 heterocycles. The van der Waals surface area contributed by atoms with E-state index in [-0.39, 0.29) is 19.3 Å². The summed E-state index contributed by atoms with van der Waals surface area (Å²) >= 11 is 0. The van der Waals surface area contributed by atoms with Crippen molar-refractivity contribution >= 4 is 15.7 Å². The van der Waals surface area contributed by atoms with Crippen molar-refractivity contribution in [1.82, 2.24) is 14.3 Å². The molecule has 0 unspecified atom stereocenters. The number of sulfonamides is 1. The SMILES string of the molecule is COc1ccc2c(c1)N(Cc1cnc[nH]1)[C@H](COC1CCCC1)CN(S(=O)(=O)C(F)(F)F)C2. The number of fused-ring (bicyclic) bond motifs is 1. The van der Waals surface area contributed by atoms with Crippen LogP contribution < -0.4 is 9.64 Å². The van der Waals surface area contributed by atoms with Crippen molar-refractivity contribution < 1.29 is 31.1 Å². The van der Waals surface area contributed by atoms with E-state index < -0.39 is 28.1 Å². The quantitative estimate of drug-likeness (QED) is 0.643. The summed E-state index contributed by atoms with van der Waals surface area (Å²) in [7, 11) is -4.04. The Morgan fingerprint density at radius 3 is 2.64 bits per heavy atom. The van der Waals surface area contributed by atoms with Crippen molar-refractivity contribution in [1.29, 1.82) is 0 Å². The zero-order chi connectivity index (χ0) is 23.6. The molecule has 2 aliphatic rings. The Morgan fingerprint density at radius 2 is 2.00 bits per heavy atom. The van der Waals surface area contributed by atoms with Gasteiger partial charge in [-0.2, -0.15) is 17.5 Å². The first kappa shape index (κ1) is 23.8. The Kier molecular flexibility index (Phi) is 6.87. The van der Waals surface area contributed by atoms with Gasteiger partial charge in [-0.05, 0) is 24.5 Å². The molecule has 1 aliphatic heterocycles. The number of imidazole rings is 1. The maximum Gasteiger partial charge on any atom is 0.511 e. The van der Waals surface area contributed by atoms with Crippen molar-refractivity contribution in [3.63, 3.8) is 0 Å². The fourth-order valence-electron chi connectivity index (χ4n) is 4.40. The third-order valence-corrected chi connectivity index (χ3v) is 7.70. The number of nitrogens with one attached hydrogen (secondary N) is 1. The second kappa shape index (κ2) is 9.51. The summed E-state index contributed by atoms with van der Waals surface area (Å²) < 4.78 is 77.3. The molecule has 0 saturated heterocycles. The fourth-order valence-corrected chi connectivity index (χ4v) is 5.37. The number of aromatic nitrogens is 2. The van der Waals surface area contributed by atoms with Crippen LogP contribution in [0.15, 0.2) is 30.7 Å². The summed E-state index contributed by atoms with van der Waals surface area (Å²) in [5.74, 6) is 0.519. The first-order chi connectivity index (χ1) is 15.7. The number of hydrogen-bond donors (Lipinski definition) is 1. The second-order valence-electron chi connectivity index (χ2n) is 8.34. The summed E-state index contributed by atoms with van der Waals surface area (Å²) in [6, 6.07) is 4.28. The van der Waals surface area contributed by atoms with Crippen molar-refractivity contribution in [3.8, 4) is 5.75 Å². The van der Waals surface area contributed by atoms with Gasteiger partial charge in [-0.25, -0.2) is 13.4 Å². The highest BCUT2D eigenvalue weighted by atomic mass is 32.2. The van der Waals surface area contributed by atoms with Gasteiger partial charge in [0.2, 0.25) is 0 Å². The zero-order valence-corrected chi connectivity index (χ0v) is 19.0. The second-order valence-corrected chi connectivity index (χ2v) is 10.3. The van der Waals surface area contributed by atoms with Crippen LogP contribution in [0.3, 0.4) is 0 Å². The largest absolute Gasteiger partial charge is 0.511 e. The Bertz CT molecular complexity index is 1040. The molecule has 1 aromatic carbocycles. The Hall–Kier alpha value is -2.31. The molecule has 12 heteroatoms. The van der Waals surface area contributed by atoms with Gasteiger partial charge in [-0.15, -0.1) is 0 Å². The molecule has 1 atom stereocenters. The molecule has 8 nitrogen and oxygen atoms in total. The molecule has 1 aliphatic carbocycles. The van der Waals surface area contributed by atoms with E-state index in [0.717, 1.165) is 31.4 Å². The number of ether oxygens (including phenoxy) is 2. The van der Waals surface area contributed by atoms with Crippen LogP contribution in [0.2, 0.25) is 0 Å². The molecule has 4 rings (SSSR count). The highest BCUT2D eigenvalue weighted by Crippen LogP contribution is 2.37. The van der Waals surface area contributed by atoms with Crippen LogP contribution >= 0.6 is 0 Å². The maximum absolute atomic E-state index is 13.5. The van der Waals surface area contributed by atoms with Crippen LogP contribution in [-0.2, 0) is 27.8 Å². The molecular formula is C21H27F3N4O4S. The maximum atomic E-state index is 13.5. The highest BCUT2D eigenvalue weighted by Gasteiger charge is 2.51. The number of alkyl halides is 3. The van der Waals surface area contributed by atoms with Crippen LogP contribution in [0.1, 0.15) is 36.9 Å². The lowest BCUT2D eigenvalue weighted by Gasteiger charge is -2.34. The molecule has 1 aromatic heterocycles. The van der Waals surface area contributed by atoms with E-state index in [1.165, 1.54) is 13.4 Å². The molecule has 0 bridgehead atoms. The van der Waals surface area contributed by atoms with E-state index in [9.17, 15) is 21.6 Å². The van der Waals surface area contributed by atoms with Gasteiger partial charge in [0.1, 0.15) is 5.75 Å². The molecule has 182 valence electrons. The average Bonchev–Trinajstić information content (AvgIpc) is 3.45. The Balaban J connectivity index is 1.75. The number of H-pyrrole nitrogens is 1. The lowest BCUT2D eigenvalue weighted by Crippen LogP contribution is -2.49. The summed E-state index contributed by atoms with van der Waals surface area (Å²) in [4.78, 5) is 8.92. The summed E-state index contributed by atoms with van der Waals surface area (Å²) in [6.45, 7) is -0.377. The van der Waals surface area contributed by atoms with Gasteiger partial charge in [-0.1, -0.05) is 18.9 Å². The first-order valence-corrected chi connectivity index (χ1v) is 12.2. The van der Waals surface area contributed by atoms with Gasteiger partial charge in [0, 0.05) is 31.0 Å². The summed E-state index contributed by atoms with van der Waals surface area (Å²) in [5, 5.41) is 0. The van der Waals surface area contributed by atoms with Crippen LogP contribution in [0, 0.1) is 0 Å². The van der Waals surface area contributed by atoms with Crippen molar-refractivity contribution in [3.05, 3.63) is 42.0 Å². The van der Waals surface area contributed by atoms with E-state index in [4.69, 9.17) is 9.47 Å². The third kappa shape index (κ3) is 5.12. The third-order valence-electron chi connectivity index (χ3n) is 6.16. The summed E-state index contributed by atoms with van der Waals surface area (Å²) in [6.07, 6.45) is 7.04. The number of benzene rings is 1. The summed E-state index contributed by atoms with van der Waals surface area (Å²) in [5.41, 5.74) is -3.60. The number of hydrogen-bond acceptors (Lipinski definition) is 6. The minimum atomic E-state index is -5.54. The average molecular weight is 489 g/mol.